The SMILES string of the molecule is COc1cccc(CN2CCN(Cc3nc(Cc4ccccc4F)no3)CC2)c1. The first-order chi connectivity index (χ1) is 14.2. The Morgan fingerprint density at radius 1 is 1.00 bits per heavy atom. The van der Waals surface area contributed by atoms with Crippen molar-refractivity contribution in [3.8, 4) is 5.75 Å². The Balaban J connectivity index is 1.26. The molecule has 1 saturated heterocycles. The third-order valence-electron chi connectivity index (χ3n) is 5.18. The topological polar surface area (TPSA) is 54.6 Å². The van der Waals surface area contributed by atoms with Gasteiger partial charge in [0, 0.05) is 39.1 Å². The first-order valence-corrected chi connectivity index (χ1v) is 9.82. The molecule has 0 spiro atoms. The van der Waals surface area contributed by atoms with Crippen LogP contribution in [0.2, 0.25) is 0 Å². The molecule has 1 aliphatic heterocycles. The lowest BCUT2D eigenvalue weighted by Gasteiger charge is -2.33. The van der Waals surface area contributed by atoms with Crippen molar-refractivity contribution in [1.29, 1.82) is 0 Å². The highest BCUT2D eigenvalue weighted by atomic mass is 19.1. The average molecular weight is 396 g/mol. The van der Waals surface area contributed by atoms with E-state index in [1.54, 1.807) is 19.2 Å². The summed E-state index contributed by atoms with van der Waals surface area (Å²) < 4.78 is 24.5. The fraction of sp³-hybridized carbons (Fsp3) is 0.364. The molecule has 1 aliphatic rings. The van der Waals surface area contributed by atoms with E-state index in [9.17, 15) is 4.39 Å². The van der Waals surface area contributed by atoms with Crippen LogP contribution in [0.15, 0.2) is 53.1 Å². The van der Waals surface area contributed by atoms with E-state index < -0.39 is 0 Å². The molecule has 0 radical (unpaired) electrons. The molecule has 2 aromatic carbocycles. The lowest BCUT2D eigenvalue weighted by atomic mass is 10.1. The van der Waals surface area contributed by atoms with Crippen molar-refractivity contribution in [1.82, 2.24) is 19.9 Å². The van der Waals surface area contributed by atoms with Crippen LogP contribution in [-0.2, 0) is 19.5 Å². The normalized spacial score (nSPS) is 15.5. The minimum absolute atomic E-state index is 0.244. The zero-order valence-electron chi connectivity index (χ0n) is 16.6. The number of methoxy groups -OCH3 is 1. The molecular formula is C22H25FN4O2. The third-order valence-corrected chi connectivity index (χ3v) is 5.18. The van der Waals surface area contributed by atoms with Crippen molar-refractivity contribution in [3.63, 3.8) is 0 Å². The minimum Gasteiger partial charge on any atom is -0.497 e. The summed E-state index contributed by atoms with van der Waals surface area (Å²) >= 11 is 0. The van der Waals surface area contributed by atoms with E-state index in [1.807, 2.05) is 18.2 Å². The van der Waals surface area contributed by atoms with Crippen molar-refractivity contribution in [3.05, 3.63) is 77.2 Å². The number of piperazine rings is 1. The van der Waals surface area contributed by atoms with Crippen molar-refractivity contribution >= 4 is 0 Å². The number of nitrogens with zero attached hydrogens (tertiary/aromatic N) is 4. The molecule has 0 atom stereocenters. The first-order valence-electron chi connectivity index (χ1n) is 9.82. The van der Waals surface area contributed by atoms with Crippen LogP contribution < -0.4 is 4.74 Å². The molecule has 1 aromatic heterocycles. The number of ether oxygens (including phenoxy) is 1. The van der Waals surface area contributed by atoms with Crippen molar-refractivity contribution in [2.75, 3.05) is 33.3 Å². The maximum Gasteiger partial charge on any atom is 0.240 e. The summed E-state index contributed by atoms with van der Waals surface area (Å²) in [5, 5.41) is 4.00. The smallest absolute Gasteiger partial charge is 0.240 e. The Kier molecular flexibility index (Phi) is 6.17. The van der Waals surface area contributed by atoms with Gasteiger partial charge >= 0.3 is 0 Å². The fourth-order valence-corrected chi connectivity index (χ4v) is 3.56. The Labute approximate surface area is 169 Å². The number of halogens is 1. The van der Waals surface area contributed by atoms with Crippen molar-refractivity contribution in [2.45, 2.75) is 19.5 Å². The number of hydrogen-bond donors (Lipinski definition) is 0. The van der Waals surface area contributed by atoms with Gasteiger partial charge in [-0.1, -0.05) is 35.5 Å². The second kappa shape index (κ2) is 9.15. The first kappa shape index (κ1) is 19.5. The Morgan fingerprint density at radius 2 is 1.76 bits per heavy atom. The van der Waals surface area contributed by atoms with E-state index in [4.69, 9.17) is 9.26 Å². The maximum atomic E-state index is 13.8. The van der Waals surface area contributed by atoms with Gasteiger partial charge in [0.25, 0.3) is 0 Å². The molecule has 7 heteroatoms. The minimum atomic E-state index is -0.244. The molecule has 0 amide bonds. The molecule has 1 fully saturated rings. The maximum absolute atomic E-state index is 13.8. The number of rotatable bonds is 7. The van der Waals surface area contributed by atoms with E-state index in [-0.39, 0.29) is 5.82 Å². The van der Waals surface area contributed by atoms with E-state index >= 15 is 0 Å². The molecule has 0 bridgehead atoms. The largest absolute Gasteiger partial charge is 0.497 e. The predicted octanol–water partition coefficient (Wildman–Crippen LogP) is 3.13. The number of hydrogen-bond acceptors (Lipinski definition) is 6. The quantitative estimate of drug-likeness (QED) is 0.612. The van der Waals surface area contributed by atoms with Gasteiger partial charge in [-0.2, -0.15) is 4.98 Å². The van der Waals surface area contributed by atoms with Crippen LogP contribution >= 0.6 is 0 Å². The summed E-state index contributed by atoms with van der Waals surface area (Å²) in [5.41, 5.74) is 1.83. The third kappa shape index (κ3) is 5.19. The number of aromatic nitrogens is 2. The highest BCUT2D eigenvalue weighted by molar-refractivity contribution is 5.28. The van der Waals surface area contributed by atoms with Gasteiger partial charge in [-0.05, 0) is 29.3 Å². The van der Waals surface area contributed by atoms with Crippen LogP contribution in [0, 0.1) is 5.82 Å². The molecule has 29 heavy (non-hydrogen) atoms. The average Bonchev–Trinajstić information content (AvgIpc) is 3.18. The molecule has 2 heterocycles. The second-order valence-electron chi connectivity index (χ2n) is 7.28. The molecule has 0 aliphatic carbocycles. The molecule has 152 valence electrons. The van der Waals surface area contributed by atoms with Gasteiger partial charge in [0.2, 0.25) is 5.89 Å². The highest BCUT2D eigenvalue weighted by Gasteiger charge is 2.19. The molecule has 0 saturated carbocycles. The van der Waals surface area contributed by atoms with Gasteiger partial charge in [0.05, 0.1) is 13.7 Å². The van der Waals surface area contributed by atoms with Gasteiger partial charge in [-0.15, -0.1) is 0 Å². The number of benzene rings is 2. The fourth-order valence-electron chi connectivity index (χ4n) is 3.56. The summed E-state index contributed by atoms with van der Waals surface area (Å²) in [6, 6.07) is 14.9. The van der Waals surface area contributed by atoms with Gasteiger partial charge < -0.3 is 9.26 Å². The lowest BCUT2D eigenvalue weighted by Crippen LogP contribution is -2.45. The summed E-state index contributed by atoms with van der Waals surface area (Å²) in [6.07, 6.45) is 0.338. The van der Waals surface area contributed by atoms with Crippen LogP contribution in [0.5, 0.6) is 5.75 Å². The molecule has 0 N–H and O–H groups in total. The zero-order valence-corrected chi connectivity index (χ0v) is 16.6. The summed E-state index contributed by atoms with van der Waals surface area (Å²) in [6.45, 7) is 5.38. The Hall–Kier alpha value is -2.77. The predicted molar refractivity (Wildman–Crippen MR) is 107 cm³/mol. The standard InChI is InChI=1S/C22H25FN4O2/c1-28-19-7-4-5-17(13-19)15-26-9-11-27(12-10-26)16-22-24-21(25-29-22)14-18-6-2-3-8-20(18)23/h2-8,13H,9-12,14-16H2,1H3. The Morgan fingerprint density at radius 3 is 2.52 bits per heavy atom. The van der Waals surface area contributed by atoms with Crippen LogP contribution in [0.4, 0.5) is 4.39 Å². The van der Waals surface area contributed by atoms with Crippen LogP contribution in [-0.4, -0.2) is 53.2 Å². The van der Waals surface area contributed by atoms with E-state index in [0.717, 1.165) is 38.5 Å². The molecule has 0 unspecified atom stereocenters. The summed E-state index contributed by atoms with van der Waals surface area (Å²) in [4.78, 5) is 9.17. The van der Waals surface area contributed by atoms with Gasteiger partial charge in [-0.3, -0.25) is 9.80 Å². The monoisotopic (exact) mass is 396 g/mol. The summed E-state index contributed by atoms with van der Waals surface area (Å²) in [5.74, 6) is 1.74. The molecule has 4 rings (SSSR count). The Bertz CT molecular complexity index is 938. The second-order valence-corrected chi connectivity index (χ2v) is 7.28. The van der Waals surface area contributed by atoms with Gasteiger partial charge in [-0.25, -0.2) is 4.39 Å². The van der Waals surface area contributed by atoms with Crippen molar-refractivity contribution < 1.29 is 13.7 Å². The van der Waals surface area contributed by atoms with Crippen LogP contribution in [0.1, 0.15) is 22.8 Å². The van der Waals surface area contributed by atoms with Gasteiger partial charge in [0.1, 0.15) is 11.6 Å². The molecular weight excluding hydrogens is 371 g/mol. The van der Waals surface area contributed by atoms with E-state index in [0.29, 0.717) is 30.2 Å². The lowest BCUT2D eigenvalue weighted by molar-refractivity contribution is 0.112. The van der Waals surface area contributed by atoms with E-state index in [1.165, 1.54) is 11.6 Å². The van der Waals surface area contributed by atoms with Crippen molar-refractivity contribution in [2.24, 2.45) is 0 Å². The van der Waals surface area contributed by atoms with E-state index in [2.05, 4.69) is 32.1 Å². The molecule has 6 nitrogen and oxygen atoms in total. The van der Waals surface area contributed by atoms with Crippen LogP contribution in [0.3, 0.4) is 0 Å². The van der Waals surface area contributed by atoms with Crippen LogP contribution in [0.25, 0.3) is 0 Å². The molecule has 3 aromatic rings. The van der Waals surface area contributed by atoms with Gasteiger partial charge in [0.15, 0.2) is 5.82 Å². The summed E-state index contributed by atoms with van der Waals surface area (Å²) in [7, 11) is 1.69. The highest BCUT2D eigenvalue weighted by Crippen LogP contribution is 2.16. The zero-order chi connectivity index (χ0) is 20.1.